The third-order valence-electron chi connectivity index (χ3n) is 2.45. The number of hydrogen-bond acceptors (Lipinski definition) is 5. The number of aromatic nitrogens is 3. The van der Waals surface area contributed by atoms with Crippen LogP contribution in [0.4, 0.5) is 11.6 Å². The molecule has 0 bridgehead atoms. The molecule has 0 spiro atoms. The zero-order valence-electron chi connectivity index (χ0n) is 10.7. The predicted octanol–water partition coefficient (Wildman–Crippen LogP) is 1.81. The van der Waals surface area contributed by atoms with Crippen LogP contribution in [0, 0.1) is 6.92 Å². The Labute approximate surface area is 115 Å². The quantitative estimate of drug-likeness (QED) is 0.741. The van der Waals surface area contributed by atoms with Gasteiger partial charge in [0.2, 0.25) is 17.0 Å². The van der Waals surface area contributed by atoms with Crippen LogP contribution in [-0.4, -0.2) is 26.3 Å². The number of anilines is 2. The van der Waals surface area contributed by atoms with Crippen molar-refractivity contribution < 1.29 is 4.79 Å². The fourth-order valence-corrected chi connectivity index (χ4v) is 2.13. The van der Waals surface area contributed by atoms with Gasteiger partial charge < -0.3 is 11.1 Å². The van der Waals surface area contributed by atoms with E-state index in [1.807, 2.05) is 31.2 Å². The molecule has 2 rings (SSSR count). The zero-order valence-corrected chi connectivity index (χ0v) is 11.5. The maximum atomic E-state index is 12.0. The lowest BCUT2D eigenvalue weighted by atomic mass is 10.2. The highest BCUT2D eigenvalue weighted by atomic mass is 32.2. The van der Waals surface area contributed by atoms with Gasteiger partial charge in [0.1, 0.15) is 0 Å². The van der Waals surface area contributed by atoms with E-state index in [-0.39, 0.29) is 17.1 Å². The second kappa shape index (κ2) is 5.75. The Hall–Kier alpha value is -2.02. The van der Waals surface area contributed by atoms with Crippen LogP contribution in [-0.2, 0) is 4.79 Å². The molecule has 0 saturated heterocycles. The number of H-pyrrole nitrogens is 1. The third kappa shape index (κ3) is 3.72. The van der Waals surface area contributed by atoms with E-state index >= 15 is 0 Å². The van der Waals surface area contributed by atoms with E-state index in [1.165, 1.54) is 11.8 Å². The molecule has 1 aromatic carbocycles. The van der Waals surface area contributed by atoms with Crippen molar-refractivity contribution in [1.29, 1.82) is 0 Å². The van der Waals surface area contributed by atoms with Crippen LogP contribution in [0.25, 0.3) is 0 Å². The highest BCUT2D eigenvalue weighted by Crippen LogP contribution is 2.21. The summed E-state index contributed by atoms with van der Waals surface area (Å²) < 4.78 is 0. The first-order chi connectivity index (χ1) is 9.04. The summed E-state index contributed by atoms with van der Waals surface area (Å²) >= 11 is 1.25. The summed E-state index contributed by atoms with van der Waals surface area (Å²) in [6, 6.07) is 7.64. The number of aryl methyl sites for hydroxylation is 1. The fraction of sp³-hybridized carbons (Fsp3) is 0.250. The Bertz CT molecular complexity index is 566. The molecule has 6 nitrogen and oxygen atoms in total. The van der Waals surface area contributed by atoms with E-state index < -0.39 is 0 Å². The minimum Gasteiger partial charge on any atom is -0.368 e. The maximum Gasteiger partial charge on any atom is 0.237 e. The lowest BCUT2D eigenvalue weighted by Crippen LogP contribution is -2.22. The summed E-state index contributed by atoms with van der Waals surface area (Å²) in [5.74, 6) is 0.144. The Kier molecular flexibility index (Phi) is 4.06. The molecule has 0 aliphatic carbocycles. The summed E-state index contributed by atoms with van der Waals surface area (Å²) in [5, 5.41) is 9.40. The largest absolute Gasteiger partial charge is 0.368 e. The molecular weight excluding hydrogens is 262 g/mol. The van der Waals surface area contributed by atoms with Crippen LogP contribution < -0.4 is 11.1 Å². The van der Waals surface area contributed by atoms with E-state index in [1.54, 1.807) is 6.92 Å². The van der Waals surface area contributed by atoms with Gasteiger partial charge in [-0.05, 0) is 26.0 Å². The van der Waals surface area contributed by atoms with Crippen LogP contribution in [0.1, 0.15) is 12.5 Å². The van der Waals surface area contributed by atoms with Gasteiger partial charge in [0.15, 0.2) is 0 Å². The van der Waals surface area contributed by atoms with Crippen LogP contribution in [0.3, 0.4) is 0 Å². The Morgan fingerprint density at radius 2 is 2.11 bits per heavy atom. The number of benzene rings is 1. The van der Waals surface area contributed by atoms with Crippen molar-refractivity contribution in [3.8, 4) is 0 Å². The number of nitrogens with two attached hydrogens (primary N) is 1. The highest BCUT2D eigenvalue weighted by Gasteiger charge is 2.16. The molecule has 0 fully saturated rings. The van der Waals surface area contributed by atoms with Crippen molar-refractivity contribution >= 4 is 29.3 Å². The Morgan fingerprint density at radius 1 is 1.42 bits per heavy atom. The number of nitrogen functional groups attached to an aromatic ring is 1. The van der Waals surface area contributed by atoms with Gasteiger partial charge >= 0.3 is 0 Å². The zero-order chi connectivity index (χ0) is 13.8. The predicted molar refractivity (Wildman–Crippen MR) is 75.9 cm³/mol. The number of amides is 1. The van der Waals surface area contributed by atoms with Gasteiger partial charge in [-0.3, -0.25) is 4.79 Å². The number of thioether (sulfide) groups is 1. The number of rotatable bonds is 4. The number of aromatic amines is 1. The second-order valence-electron chi connectivity index (χ2n) is 4.12. The molecule has 0 saturated carbocycles. The summed E-state index contributed by atoms with van der Waals surface area (Å²) in [6.07, 6.45) is 0. The van der Waals surface area contributed by atoms with Crippen molar-refractivity contribution in [1.82, 2.24) is 15.2 Å². The highest BCUT2D eigenvalue weighted by molar-refractivity contribution is 8.00. The molecule has 2 aromatic rings. The molecule has 0 aliphatic heterocycles. The van der Waals surface area contributed by atoms with E-state index in [0.29, 0.717) is 5.16 Å². The summed E-state index contributed by atoms with van der Waals surface area (Å²) in [7, 11) is 0. The molecule has 0 aliphatic rings. The van der Waals surface area contributed by atoms with Crippen LogP contribution in [0.15, 0.2) is 29.4 Å². The van der Waals surface area contributed by atoms with E-state index in [2.05, 4.69) is 20.5 Å². The first-order valence-corrected chi connectivity index (χ1v) is 6.64. The number of nitrogens with zero attached hydrogens (tertiary/aromatic N) is 2. The number of carbonyl (C=O) groups excluding carboxylic acids is 1. The molecule has 1 aromatic heterocycles. The topological polar surface area (TPSA) is 96.7 Å². The maximum absolute atomic E-state index is 12.0. The van der Waals surface area contributed by atoms with Crippen molar-refractivity contribution in [3.05, 3.63) is 29.8 Å². The Morgan fingerprint density at radius 3 is 2.68 bits per heavy atom. The third-order valence-corrected chi connectivity index (χ3v) is 3.41. The molecular formula is C12H15N5OS. The van der Waals surface area contributed by atoms with Crippen molar-refractivity contribution in [2.24, 2.45) is 0 Å². The molecule has 1 atom stereocenters. The standard InChI is InChI=1S/C12H15N5OS/c1-7-3-5-9(6-4-7)14-10(18)8(2)19-12-15-11(13)16-17-12/h3-6,8H,1-2H3,(H,14,18)(H3,13,15,16,17)/t8-/m0/s1. The number of hydrogen-bond donors (Lipinski definition) is 3. The average molecular weight is 277 g/mol. The number of carbonyl (C=O) groups is 1. The fourth-order valence-electron chi connectivity index (χ4n) is 1.40. The molecule has 0 radical (unpaired) electrons. The first-order valence-electron chi connectivity index (χ1n) is 5.76. The van der Waals surface area contributed by atoms with Crippen LogP contribution in [0.2, 0.25) is 0 Å². The molecule has 19 heavy (non-hydrogen) atoms. The van der Waals surface area contributed by atoms with Gasteiger partial charge in [-0.15, -0.1) is 5.10 Å². The molecule has 1 amide bonds. The van der Waals surface area contributed by atoms with E-state index in [0.717, 1.165) is 11.3 Å². The average Bonchev–Trinajstić information content (AvgIpc) is 2.77. The molecule has 4 N–H and O–H groups in total. The van der Waals surface area contributed by atoms with Gasteiger partial charge in [-0.1, -0.05) is 29.5 Å². The van der Waals surface area contributed by atoms with Gasteiger partial charge in [-0.2, -0.15) is 4.98 Å². The van der Waals surface area contributed by atoms with Crippen molar-refractivity contribution in [2.45, 2.75) is 24.3 Å². The van der Waals surface area contributed by atoms with Gasteiger partial charge in [-0.25, -0.2) is 5.10 Å². The van der Waals surface area contributed by atoms with Crippen molar-refractivity contribution in [3.63, 3.8) is 0 Å². The van der Waals surface area contributed by atoms with E-state index in [9.17, 15) is 4.79 Å². The second-order valence-corrected chi connectivity index (χ2v) is 5.43. The minimum absolute atomic E-state index is 0.0998. The lowest BCUT2D eigenvalue weighted by molar-refractivity contribution is -0.115. The van der Waals surface area contributed by atoms with Gasteiger partial charge in [0, 0.05) is 5.69 Å². The minimum atomic E-state index is -0.309. The number of nitrogens with one attached hydrogen (secondary N) is 2. The van der Waals surface area contributed by atoms with Gasteiger partial charge in [0.25, 0.3) is 0 Å². The van der Waals surface area contributed by atoms with Crippen molar-refractivity contribution in [2.75, 3.05) is 11.1 Å². The molecule has 7 heteroatoms. The Balaban J connectivity index is 1.94. The summed E-state index contributed by atoms with van der Waals surface area (Å²) in [5.41, 5.74) is 7.35. The normalized spacial score (nSPS) is 12.1. The molecule has 0 unspecified atom stereocenters. The summed E-state index contributed by atoms with van der Waals surface area (Å²) in [6.45, 7) is 3.79. The van der Waals surface area contributed by atoms with Crippen LogP contribution in [0.5, 0.6) is 0 Å². The molecule has 100 valence electrons. The SMILES string of the molecule is Cc1ccc(NC(=O)[C@H](C)Sc2n[nH]c(N)n2)cc1. The monoisotopic (exact) mass is 277 g/mol. The molecule has 1 heterocycles. The smallest absolute Gasteiger partial charge is 0.237 e. The van der Waals surface area contributed by atoms with Gasteiger partial charge in [0.05, 0.1) is 5.25 Å². The van der Waals surface area contributed by atoms with Crippen LogP contribution >= 0.6 is 11.8 Å². The summed E-state index contributed by atoms with van der Waals surface area (Å²) in [4.78, 5) is 15.9. The van der Waals surface area contributed by atoms with E-state index in [4.69, 9.17) is 5.73 Å². The first kappa shape index (κ1) is 13.4. The lowest BCUT2D eigenvalue weighted by Gasteiger charge is -2.10.